The van der Waals surface area contributed by atoms with Crippen LogP contribution in [0.15, 0.2) is 18.2 Å². The van der Waals surface area contributed by atoms with Gasteiger partial charge in [-0.05, 0) is 43.7 Å². The quantitative estimate of drug-likeness (QED) is 0.893. The average Bonchev–Trinajstić information content (AvgIpc) is 2.95. The lowest BCUT2D eigenvalue weighted by molar-refractivity contribution is 0.629. The van der Waals surface area contributed by atoms with Crippen LogP contribution in [0, 0.1) is 5.82 Å². The zero-order valence-corrected chi connectivity index (χ0v) is 11.1. The molecule has 1 aliphatic carbocycles. The normalized spacial score (nSPS) is 23.7. The van der Waals surface area contributed by atoms with Crippen molar-refractivity contribution in [3.8, 4) is 0 Å². The molecule has 18 heavy (non-hydrogen) atoms. The maximum absolute atomic E-state index is 13.1. The maximum Gasteiger partial charge on any atom is 0.201 e. The van der Waals surface area contributed by atoms with Crippen LogP contribution in [0.1, 0.15) is 19.3 Å². The van der Waals surface area contributed by atoms with E-state index in [1.54, 1.807) is 6.07 Å². The summed E-state index contributed by atoms with van der Waals surface area (Å²) in [7, 11) is 0. The molecule has 96 valence electrons. The van der Waals surface area contributed by atoms with Crippen LogP contribution in [0.25, 0.3) is 11.0 Å². The van der Waals surface area contributed by atoms with Gasteiger partial charge >= 0.3 is 0 Å². The van der Waals surface area contributed by atoms with Gasteiger partial charge in [-0.25, -0.2) is 9.37 Å². The highest BCUT2D eigenvalue weighted by Gasteiger charge is 2.24. The van der Waals surface area contributed by atoms with Crippen LogP contribution in [0.2, 0.25) is 0 Å². The van der Waals surface area contributed by atoms with Crippen molar-refractivity contribution in [3.05, 3.63) is 24.0 Å². The highest BCUT2D eigenvalue weighted by molar-refractivity contribution is 7.99. The summed E-state index contributed by atoms with van der Waals surface area (Å²) in [6, 6.07) is 5.10. The van der Waals surface area contributed by atoms with Gasteiger partial charge in [-0.3, -0.25) is 0 Å². The Labute approximate surface area is 110 Å². The third-order valence-corrected chi connectivity index (χ3v) is 4.60. The summed E-state index contributed by atoms with van der Waals surface area (Å²) >= 11 is 1.93. The minimum atomic E-state index is -0.235. The van der Waals surface area contributed by atoms with E-state index in [-0.39, 0.29) is 5.82 Å². The van der Waals surface area contributed by atoms with E-state index in [4.69, 9.17) is 0 Å². The number of nitrogens with zero attached hydrogens (tertiary/aromatic N) is 1. The Morgan fingerprint density at radius 1 is 1.44 bits per heavy atom. The van der Waals surface area contributed by atoms with E-state index in [1.165, 1.54) is 31.4 Å². The molecule has 1 saturated carbocycles. The smallest absolute Gasteiger partial charge is 0.201 e. The largest absolute Gasteiger partial charge is 0.353 e. The van der Waals surface area contributed by atoms with E-state index >= 15 is 0 Å². The fourth-order valence-electron chi connectivity index (χ4n) is 2.53. The third-order valence-electron chi connectivity index (χ3n) is 3.50. The predicted molar refractivity (Wildman–Crippen MR) is 74.6 cm³/mol. The number of H-pyrrole nitrogens is 1. The molecule has 1 aromatic heterocycles. The first-order valence-corrected chi connectivity index (χ1v) is 7.48. The van der Waals surface area contributed by atoms with Crippen molar-refractivity contribution >= 4 is 28.7 Å². The van der Waals surface area contributed by atoms with E-state index < -0.39 is 0 Å². The van der Waals surface area contributed by atoms with Crippen LogP contribution in [-0.2, 0) is 0 Å². The first-order valence-electron chi connectivity index (χ1n) is 6.19. The topological polar surface area (TPSA) is 40.7 Å². The zero-order chi connectivity index (χ0) is 12.5. The molecule has 0 radical (unpaired) electrons. The second-order valence-corrected chi connectivity index (χ2v) is 5.90. The second-order valence-electron chi connectivity index (χ2n) is 4.76. The molecule has 2 atom stereocenters. The number of thioether (sulfide) groups is 1. The van der Waals surface area contributed by atoms with Crippen molar-refractivity contribution in [3.63, 3.8) is 0 Å². The lowest BCUT2D eigenvalue weighted by Crippen LogP contribution is -2.16. The van der Waals surface area contributed by atoms with Gasteiger partial charge in [0.15, 0.2) is 0 Å². The van der Waals surface area contributed by atoms with E-state index in [2.05, 4.69) is 21.5 Å². The minimum absolute atomic E-state index is 0.235. The van der Waals surface area contributed by atoms with E-state index in [0.717, 1.165) is 22.2 Å². The number of aromatic nitrogens is 2. The monoisotopic (exact) mass is 265 g/mol. The number of anilines is 1. The van der Waals surface area contributed by atoms with Gasteiger partial charge in [-0.1, -0.05) is 0 Å². The number of hydrogen-bond donors (Lipinski definition) is 2. The fourth-order valence-corrected chi connectivity index (χ4v) is 3.33. The minimum Gasteiger partial charge on any atom is -0.353 e. The van der Waals surface area contributed by atoms with E-state index in [9.17, 15) is 4.39 Å². The Morgan fingerprint density at radius 3 is 3.11 bits per heavy atom. The van der Waals surface area contributed by atoms with Crippen LogP contribution >= 0.6 is 11.8 Å². The Balaban J connectivity index is 1.75. The zero-order valence-electron chi connectivity index (χ0n) is 10.2. The molecule has 2 N–H and O–H groups in total. The number of benzene rings is 1. The van der Waals surface area contributed by atoms with Gasteiger partial charge in [0.1, 0.15) is 5.82 Å². The molecular weight excluding hydrogens is 249 g/mol. The number of halogens is 1. The molecule has 0 bridgehead atoms. The summed E-state index contributed by atoms with van der Waals surface area (Å²) in [5.74, 6) is 0.517. The standard InChI is InChI=1S/C13H16FN3S/c1-18-10-4-3-9(7-10)15-13-16-11-5-2-8(14)6-12(11)17-13/h2,5-6,9-10H,3-4,7H2,1H3,(H2,15,16,17). The van der Waals surface area contributed by atoms with Crippen LogP contribution in [0.5, 0.6) is 0 Å². The molecule has 0 saturated heterocycles. The van der Waals surface area contributed by atoms with Gasteiger partial charge in [0.05, 0.1) is 11.0 Å². The summed E-state index contributed by atoms with van der Waals surface area (Å²) in [6.45, 7) is 0. The number of imidazole rings is 1. The molecule has 1 heterocycles. The molecule has 2 aromatic rings. The van der Waals surface area contributed by atoms with Crippen molar-refractivity contribution in [2.24, 2.45) is 0 Å². The van der Waals surface area contributed by atoms with Gasteiger partial charge in [0, 0.05) is 11.3 Å². The summed E-state index contributed by atoms with van der Waals surface area (Å²) in [4.78, 5) is 7.56. The van der Waals surface area contributed by atoms with Gasteiger partial charge in [0.2, 0.25) is 5.95 Å². The number of nitrogens with one attached hydrogen (secondary N) is 2. The molecule has 0 amide bonds. The highest BCUT2D eigenvalue weighted by atomic mass is 32.2. The van der Waals surface area contributed by atoms with Crippen LogP contribution in [-0.4, -0.2) is 27.5 Å². The Hall–Kier alpha value is -1.23. The van der Waals surface area contributed by atoms with Crippen LogP contribution < -0.4 is 5.32 Å². The number of aromatic amines is 1. The second kappa shape index (κ2) is 4.80. The summed E-state index contributed by atoms with van der Waals surface area (Å²) in [5, 5.41) is 4.17. The number of hydrogen-bond acceptors (Lipinski definition) is 3. The Kier molecular flexibility index (Phi) is 3.16. The van der Waals surface area contributed by atoms with Crippen molar-refractivity contribution in [1.29, 1.82) is 0 Å². The van der Waals surface area contributed by atoms with Crippen molar-refractivity contribution in [2.45, 2.75) is 30.6 Å². The van der Waals surface area contributed by atoms with Gasteiger partial charge < -0.3 is 10.3 Å². The molecule has 5 heteroatoms. The maximum atomic E-state index is 13.1. The van der Waals surface area contributed by atoms with Crippen molar-refractivity contribution < 1.29 is 4.39 Å². The SMILES string of the molecule is CSC1CCC(Nc2nc3ccc(F)cc3[nH]2)C1. The molecule has 0 spiro atoms. The highest BCUT2D eigenvalue weighted by Crippen LogP contribution is 2.30. The summed E-state index contributed by atoms with van der Waals surface area (Å²) < 4.78 is 13.1. The van der Waals surface area contributed by atoms with Crippen molar-refractivity contribution in [2.75, 3.05) is 11.6 Å². The third kappa shape index (κ3) is 2.32. The average molecular weight is 265 g/mol. The predicted octanol–water partition coefficient (Wildman–Crippen LogP) is 3.40. The van der Waals surface area contributed by atoms with E-state index in [0.29, 0.717) is 6.04 Å². The molecule has 3 nitrogen and oxygen atoms in total. The van der Waals surface area contributed by atoms with Gasteiger partial charge in [0.25, 0.3) is 0 Å². The Bertz CT molecular complexity index is 554. The van der Waals surface area contributed by atoms with Crippen molar-refractivity contribution in [1.82, 2.24) is 9.97 Å². The lowest BCUT2D eigenvalue weighted by Gasteiger charge is -2.11. The van der Waals surface area contributed by atoms with Gasteiger partial charge in [-0.15, -0.1) is 0 Å². The summed E-state index contributed by atoms with van der Waals surface area (Å²) in [5.41, 5.74) is 1.55. The number of fused-ring (bicyclic) bond motifs is 1. The first-order chi connectivity index (χ1) is 8.74. The molecular formula is C13H16FN3S. The van der Waals surface area contributed by atoms with Crippen LogP contribution in [0.4, 0.5) is 10.3 Å². The lowest BCUT2D eigenvalue weighted by atomic mass is 10.2. The molecule has 1 fully saturated rings. The molecule has 0 aliphatic heterocycles. The fraction of sp³-hybridized carbons (Fsp3) is 0.462. The Morgan fingerprint density at radius 2 is 2.33 bits per heavy atom. The summed E-state index contributed by atoms with van der Waals surface area (Å²) in [6.07, 6.45) is 5.77. The number of rotatable bonds is 3. The molecule has 2 unspecified atom stereocenters. The molecule has 1 aliphatic rings. The van der Waals surface area contributed by atoms with E-state index in [1.807, 2.05) is 11.8 Å². The molecule has 1 aromatic carbocycles. The first kappa shape index (κ1) is 11.8. The molecule has 3 rings (SSSR count). The van der Waals surface area contributed by atoms with Crippen LogP contribution in [0.3, 0.4) is 0 Å². The van der Waals surface area contributed by atoms with Gasteiger partial charge in [-0.2, -0.15) is 11.8 Å².